The lowest BCUT2D eigenvalue weighted by Crippen LogP contribution is -2.08. The van der Waals surface area contributed by atoms with Crippen LogP contribution in [0.4, 0.5) is 0 Å². The van der Waals surface area contributed by atoms with E-state index in [1.807, 2.05) is 6.07 Å². The van der Waals surface area contributed by atoms with Crippen molar-refractivity contribution in [2.75, 3.05) is 0 Å². The van der Waals surface area contributed by atoms with Gasteiger partial charge in [0.2, 0.25) is 0 Å². The molecule has 9 heavy (non-hydrogen) atoms. The van der Waals surface area contributed by atoms with Crippen molar-refractivity contribution in [1.82, 2.24) is 15.2 Å². The average molecular weight is 123 g/mol. The lowest BCUT2D eigenvalue weighted by atomic mass is 10.3. The maximum atomic E-state index is 8.24. The molecule has 1 unspecified atom stereocenters. The summed E-state index contributed by atoms with van der Waals surface area (Å²) < 4.78 is 0. The third kappa shape index (κ3) is 1.03. The minimum Gasteiger partial charge on any atom is -0.310 e. The number of aromatic amines is 1. The van der Waals surface area contributed by atoms with E-state index in [2.05, 4.69) is 15.2 Å². The third-order valence-electron chi connectivity index (χ3n) is 0.867. The zero-order chi connectivity index (χ0) is 6.69. The Morgan fingerprint density at radius 2 is 2.67 bits per heavy atom. The topological polar surface area (TPSA) is 91.4 Å². The van der Waals surface area contributed by atoms with Crippen molar-refractivity contribution >= 4 is 0 Å². The van der Waals surface area contributed by atoms with Gasteiger partial charge in [-0.15, -0.1) is 0 Å². The van der Waals surface area contributed by atoms with Crippen LogP contribution in [0, 0.1) is 11.3 Å². The third-order valence-corrected chi connectivity index (χ3v) is 0.867. The molecule has 0 fully saturated rings. The normalized spacial score (nSPS) is 12.4. The summed E-state index contributed by atoms with van der Waals surface area (Å²) in [4.78, 5) is 3.67. The largest absolute Gasteiger partial charge is 0.310 e. The Bertz CT molecular complexity index is 207. The molecule has 0 bridgehead atoms. The smallest absolute Gasteiger partial charge is 0.155 e. The van der Waals surface area contributed by atoms with E-state index in [-0.39, 0.29) is 0 Å². The number of nitriles is 1. The summed E-state index contributed by atoms with van der Waals surface area (Å²) in [5.74, 6) is 0.400. The maximum absolute atomic E-state index is 8.24. The second-order valence-corrected chi connectivity index (χ2v) is 1.48. The van der Waals surface area contributed by atoms with Gasteiger partial charge in [-0.2, -0.15) is 10.4 Å². The first-order valence-electron chi connectivity index (χ1n) is 2.35. The van der Waals surface area contributed by atoms with Crippen LogP contribution in [0.15, 0.2) is 6.33 Å². The Morgan fingerprint density at radius 3 is 3.11 bits per heavy atom. The van der Waals surface area contributed by atoms with Gasteiger partial charge in [0, 0.05) is 0 Å². The summed E-state index contributed by atoms with van der Waals surface area (Å²) >= 11 is 0. The SMILES string of the molecule is N#CC(N)c1ncn[nH]1. The van der Waals surface area contributed by atoms with Gasteiger partial charge in [-0.05, 0) is 0 Å². The molecule has 0 saturated heterocycles. The van der Waals surface area contributed by atoms with Crippen molar-refractivity contribution in [1.29, 1.82) is 5.26 Å². The highest BCUT2D eigenvalue weighted by Gasteiger charge is 2.04. The summed E-state index contributed by atoms with van der Waals surface area (Å²) in [5.41, 5.74) is 5.24. The zero-order valence-electron chi connectivity index (χ0n) is 4.57. The number of nitrogens with two attached hydrogens (primary N) is 1. The van der Waals surface area contributed by atoms with Crippen LogP contribution >= 0.6 is 0 Å². The fourth-order valence-corrected chi connectivity index (χ4v) is 0.426. The van der Waals surface area contributed by atoms with E-state index in [1.54, 1.807) is 0 Å². The molecule has 0 spiro atoms. The van der Waals surface area contributed by atoms with Gasteiger partial charge in [0.05, 0.1) is 6.07 Å². The zero-order valence-corrected chi connectivity index (χ0v) is 4.57. The van der Waals surface area contributed by atoms with Gasteiger partial charge in [0.25, 0.3) is 0 Å². The van der Waals surface area contributed by atoms with Crippen molar-refractivity contribution < 1.29 is 0 Å². The molecular formula is C4H5N5. The number of aromatic nitrogens is 3. The van der Waals surface area contributed by atoms with Gasteiger partial charge in [0.15, 0.2) is 11.9 Å². The van der Waals surface area contributed by atoms with Crippen molar-refractivity contribution in [2.24, 2.45) is 5.73 Å². The van der Waals surface area contributed by atoms with Gasteiger partial charge < -0.3 is 5.73 Å². The molecule has 46 valence electrons. The first kappa shape index (κ1) is 5.72. The predicted octanol–water partition coefficient (Wildman–Crippen LogP) is -0.672. The summed E-state index contributed by atoms with van der Waals surface area (Å²) in [7, 11) is 0. The Labute approximate surface area is 51.5 Å². The molecular weight excluding hydrogens is 118 g/mol. The molecule has 5 heteroatoms. The van der Waals surface area contributed by atoms with Crippen LogP contribution < -0.4 is 5.73 Å². The quantitative estimate of drug-likeness (QED) is 0.518. The molecule has 0 aromatic carbocycles. The van der Waals surface area contributed by atoms with Gasteiger partial charge in [-0.25, -0.2) is 4.98 Å². The molecule has 1 atom stereocenters. The molecule has 0 saturated carbocycles. The van der Waals surface area contributed by atoms with E-state index in [1.165, 1.54) is 6.33 Å². The van der Waals surface area contributed by atoms with E-state index in [4.69, 9.17) is 11.0 Å². The molecule has 0 aliphatic heterocycles. The number of hydrogen-bond acceptors (Lipinski definition) is 4. The van der Waals surface area contributed by atoms with Gasteiger partial charge in [-0.3, -0.25) is 5.10 Å². The summed E-state index contributed by atoms with van der Waals surface area (Å²) in [5, 5.41) is 14.2. The number of H-pyrrole nitrogens is 1. The molecule has 0 aliphatic carbocycles. The van der Waals surface area contributed by atoms with Crippen LogP contribution in [0.3, 0.4) is 0 Å². The number of nitrogens with zero attached hydrogens (tertiary/aromatic N) is 3. The summed E-state index contributed by atoms with van der Waals surface area (Å²) in [6.07, 6.45) is 1.31. The van der Waals surface area contributed by atoms with Crippen LogP contribution in [0.25, 0.3) is 0 Å². The molecule has 0 radical (unpaired) electrons. The van der Waals surface area contributed by atoms with E-state index >= 15 is 0 Å². The van der Waals surface area contributed by atoms with Crippen LogP contribution in [0.1, 0.15) is 11.9 Å². The fourth-order valence-electron chi connectivity index (χ4n) is 0.426. The molecule has 5 nitrogen and oxygen atoms in total. The standard InChI is InChI=1S/C4H5N5/c5-1-3(6)4-7-2-8-9-4/h2-3H,6H2,(H,7,8,9). The second-order valence-electron chi connectivity index (χ2n) is 1.48. The van der Waals surface area contributed by atoms with Gasteiger partial charge in [-0.1, -0.05) is 0 Å². The molecule has 1 heterocycles. The van der Waals surface area contributed by atoms with Crippen LogP contribution in [0.5, 0.6) is 0 Å². The van der Waals surface area contributed by atoms with Crippen molar-refractivity contribution in [3.05, 3.63) is 12.2 Å². The van der Waals surface area contributed by atoms with Crippen LogP contribution in [-0.2, 0) is 0 Å². The Kier molecular flexibility index (Phi) is 1.42. The Balaban J connectivity index is 2.80. The average Bonchev–Trinajstić information content (AvgIpc) is 2.37. The highest BCUT2D eigenvalue weighted by Crippen LogP contribution is 1.97. The molecule has 1 rings (SSSR count). The molecule has 3 N–H and O–H groups in total. The molecule has 0 amide bonds. The highest BCUT2D eigenvalue weighted by atomic mass is 15.2. The van der Waals surface area contributed by atoms with Gasteiger partial charge in [0.1, 0.15) is 6.33 Å². The lowest BCUT2D eigenvalue weighted by Gasteiger charge is -1.91. The molecule has 1 aromatic heterocycles. The molecule has 1 aromatic rings. The minimum atomic E-state index is -0.688. The Hall–Kier alpha value is -1.41. The fraction of sp³-hybridized carbons (Fsp3) is 0.250. The number of nitrogens with one attached hydrogen (secondary N) is 1. The van der Waals surface area contributed by atoms with Crippen molar-refractivity contribution in [2.45, 2.75) is 6.04 Å². The molecule has 0 aliphatic rings. The van der Waals surface area contributed by atoms with Crippen molar-refractivity contribution in [3.8, 4) is 6.07 Å². The van der Waals surface area contributed by atoms with Gasteiger partial charge >= 0.3 is 0 Å². The van der Waals surface area contributed by atoms with Crippen molar-refractivity contribution in [3.63, 3.8) is 0 Å². The van der Waals surface area contributed by atoms with E-state index in [0.29, 0.717) is 5.82 Å². The maximum Gasteiger partial charge on any atom is 0.155 e. The first-order valence-corrected chi connectivity index (χ1v) is 2.35. The van der Waals surface area contributed by atoms with Crippen LogP contribution in [0.2, 0.25) is 0 Å². The summed E-state index contributed by atoms with van der Waals surface area (Å²) in [6.45, 7) is 0. The lowest BCUT2D eigenvalue weighted by molar-refractivity contribution is 0.826. The first-order chi connectivity index (χ1) is 4.34. The minimum absolute atomic E-state index is 0.400. The van der Waals surface area contributed by atoms with E-state index in [0.717, 1.165) is 0 Å². The van der Waals surface area contributed by atoms with E-state index in [9.17, 15) is 0 Å². The number of rotatable bonds is 1. The highest BCUT2D eigenvalue weighted by molar-refractivity contribution is 5.01. The summed E-state index contributed by atoms with van der Waals surface area (Å²) in [6, 6.07) is 1.12. The monoisotopic (exact) mass is 123 g/mol. The van der Waals surface area contributed by atoms with Crippen LogP contribution in [-0.4, -0.2) is 15.2 Å². The predicted molar refractivity (Wildman–Crippen MR) is 28.9 cm³/mol. The Morgan fingerprint density at radius 1 is 1.89 bits per heavy atom. The second kappa shape index (κ2) is 2.24. The van der Waals surface area contributed by atoms with E-state index < -0.39 is 6.04 Å². The number of hydrogen-bond donors (Lipinski definition) is 2.